The number of fused-ring (bicyclic) bond motifs is 3. The van der Waals surface area contributed by atoms with Gasteiger partial charge in [-0.25, -0.2) is 24.7 Å². The van der Waals surface area contributed by atoms with E-state index in [2.05, 4.69) is 16.0 Å². The molecule has 3 saturated heterocycles. The normalized spacial score (nSPS) is 18.2. The van der Waals surface area contributed by atoms with E-state index in [0.717, 1.165) is 135 Å². The van der Waals surface area contributed by atoms with Crippen molar-refractivity contribution < 1.29 is 52.9 Å². The van der Waals surface area contributed by atoms with Gasteiger partial charge in [-0.05, 0) is 160 Å². The lowest BCUT2D eigenvalue weighted by Crippen LogP contribution is -2.52. The van der Waals surface area contributed by atoms with Crippen molar-refractivity contribution in [1.29, 1.82) is 0 Å². The van der Waals surface area contributed by atoms with Crippen LogP contribution in [-0.4, -0.2) is 115 Å². The number of esters is 2. The van der Waals surface area contributed by atoms with E-state index in [0.29, 0.717) is 42.9 Å². The minimum Gasteiger partial charge on any atom is -0.487 e. The second kappa shape index (κ2) is 23.3. The summed E-state index contributed by atoms with van der Waals surface area (Å²) < 4.78 is 28.5. The zero-order chi connectivity index (χ0) is 52.4. The second-order valence-corrected chi connectivity index (χ2v) is 20.1. The van der Waals surface area contributed by atoms with E-state index in [1.165, 1.54) is 14.2 Å². The number of anilines is 2. The molecule has 6 heterocycles. The van der Waals surface area contributed by atoms with Crippen LogP contribution < -0.4 is 35.6 Å². The van der Waals surface area contributed by atoms with Crippen molar-refractivity contribution in [2.45, 2.75) is 93.9 Å². The van der Waals surface area contributed by atoms with Gasteiger partial charge in [0.15, 0.2) is 0 Å². The molecule has 0 unspecified atom stereocenters. The average Bonchev–Trinajstić information content (AvgIpc) is 3.45. The van der Waals surface area contributed by atoms with Gasteiger partial charge in [0.05, 0.1) is 25.3 Å². The number of hydrogen-bond donors (Lipinski definition) is 5. The summed E-state index contributed by atoms with van der Waals surface area (Å²) in [6, 6.07) is 35.0. The van der Waals surface area contributed by atoms with Crippen LogP contribution in [0.1, 0.15) is 106 Å². The molecule has 3 fully saturated rings. The molecule has 5 aromatic rings. The van der Waals surface area contributed by atoms with Gasteiger partial charge in [-0.3, -0.25) is 10.0 Å². The average molecular weight is 1020 g/mol. The molecule has 75 heavy (non-hydrogen) atoms. The Labute approximate surface area is 437 Å². The van der Waals surface area contributed by atoms with Crippen LogP contribution >= 0.6 is 0 Å². The lowest BCUT2D eigenvalue weighted by atomic mass is 9.83. The first-order valence-corrected chi connectivity index (χ1v) is 25.9. The monoisotopic (exact) mass is 1020 g/mol. The maximum atomic E-state index is 12.5. The summed E-state index contributed by atoms with van der Waals surface area (Å²) in [6.07, 6.45) is 10.7. The fourth-order valence-electron chi connectivity index (χ4n) is 10.9. The molecule has 17 nitrogen and oxygen atoms in total. The molecule has 5 aromatic carbocycles. The third kappa shape index (κ3) is 12.5. The summed E-state index contributed by atoms with van der Waals surface area (Å²) in [7, 11) is 2.79. The van der Waals surface area contributed by atoms with Crippen molar-refractivity contribution >= 4 is 41.3 Å². The number of nitrogens with zero attached hydrogens (tertiary/aromatic N) is 2. The standard InChI is InChI=1S/C22H24N2O4.C21H23N3O4.C15H19NO3/c1-27-20(25)17-7-8-19-16(15-17)9-10-22(28-19)11-13-24(14-12-22)21(26)23-18-5-3-2-4-6-18;25-19(23-27)16-6-7-18-15(14-16)8-9-21(28-18)10-12-24(13-11-21)20(26)22-17-4-2-1-3-5-17;1-18-14(17)12-2-3-13-11(10-12)4-5-15(19-13)6-8-16-9-7-15/h2-8,15H,9-14H2,1H3,(H,23,26);1-7,14,27H,8-13H2,(H,22,26)(H,23,25);2-3,10,16H,4-9H2,1H3. The van der Waals surface area contributed by atoms with E-state index in [4.69, 9.17) is 28.9 Å². The Morgan fingerprint density at radius 2 is 0.853 bits per heavy atom. The largest absolute Gasteiger partial charge is 0.487 e. The number of carbonyl (C=O) groups is 5. The molecule has 0 radical (unpaired) electrons. The highest BCUT2D eigenvalue weighted by Gasteiger charge is 2.43. The highest BCUT2D eigenvalue weighted by atomic mass is 16.5. The van der Waals surface area contributed by atoms with Gasteiger partial charge in [-0.15, -0.1) is 0 Å². The smallest absolute Gasteiger partial charge is 0.337 e. The number of amides is 5. The first-order chi connectivity index (χ1) is 36.4. The van der Waals surface area contributed by atoms with E-state index < -0.39 is 5.91 Å². The summed E-state index contributed by atoms with van der Waals surface area (Å²) in [5.41, 5.74) is 7.44. The molecule has 0 atom stereocenters. The van der Waals surface area contributed by atoms with Gasteiger partial charge in [-0.1, -0.05) is 36.4 Å². The second-order valence-electron chi connectivity index (χ2n) is 20.1. The summed E-state index contributed by atoms with van der Waals surface area (Å²) in [5, 5.41) is 18.0. The molecular weight excluding hydrogens is 957 g/mol. The first-order valence-electron chi connectivity index (χ1n) is 25.9. The number of hydroxylamine groups is 1. The molecule has 394 valence electrons. The maximum Gasteiger partial charge on any atom is 0.337 e. The molecule has 0 aliphatic carbocycles. The number of piperidine rings is 3. The SMILES string of the molecule is COC(=O)c1ccc2c(c1)CCC1(CCN(C(=O)Nc3ccccc3)CC1)O2.COC(=O)c1ccc2c(c1)CCC1(CCNCC1)O2.O=C(NO)c1ccc2c(c1)CCC1(CCN(C(=O)Nc3ccccc3)CC1)O2. The Morgan fingerprint density at radius 3 is 1.23 bits per heavy atom. The first kappa shape index (κ1) is 52.2. The minimum atomic E-state index is -0.527. The van der Waals surface area contributed by atoms with Crippen LogP contribution in [0.5, 0.6) is 17.2 Å². The van der Waals surface area contributed by atoms with E-state index in [1.54, 1.807) is 35.8 Å². The third-order valence-corrected chi connectivity index (χ3v) is 15.4. The van der Waals surface area contributed by atoms with Crippen LogP contribution in [0.2, 0.25) is 0 Å². The Kier molecular flexibility index (Phi) is 16.2. The molecular formula is C58H66N6O11. The van der Waals surface area contributed by atoms with Crippen molar-refractivity contribution in [3.05, 3.63) is 149 Å². The Bertz CT molecular complexity index is 2690. The van der Waals surface area contributed by atoms with Crippen LogP contribution in [0.3, 0.4) is 0 Å². The molecule has 3 spiro atoms. The van der Waals surface area contributed by atoms with Gasteiger partial charge in [0.1, 0.15) is 34.1 Å². The zero-order valence-electron chi connectivity index (χ0n) is 42.6. The molecule has 6 aliphatic rings. The van der Waals surface area contributed by atoms with Crippen molar-refractivity contribution in [2.24, 2.45) is 0 Å². The third-order valence-electron chi connectivity index (χ3n) is 15.4. The lowest BCUT2D eigenvalue weighted by Gasteiger charge is -2.44. The number of rotatable bonds is 5. The number of carbonyl (C=O) groups excluding carboxylic acids is 5. The number of para-hydroxylation sites is 2. The zero-order valence-corrected chi connectivity index (χ0v) is 42.6. The van der Waals surface area contributed by atoms with E-state index >= 15 is 0 Å². The number of nitrogens with one attached hydrogen (secondary N) is 4. The molecule has 5 amide bonds. The number of methoxy groups -OCH3 is 2. The van der Waals surface area contributed by atoms with Crippen LogP contribution in [-0.2, 0) is 28.7 Å². The number of aryl methyl sites for hydroxylation is 3. The van der Waals surface area contributed by atoms with Crippen LogP contribution in [0.25, 0.3) is 0 Å². The highest BCUT2D eigenvalue weighted by Crippen LogP contribution is 2.42. The minimum absolute atomic E-state index is 0.00499. The Hall–Kier alpha value is -7.63. The summed E-state index contributed by atoms with van der Waals surface area (Å²) in [6.45, 7) is 4.64. The van der Waals surface area contributed by atoms with Crippen LogP contribution in [0.4, 0.5) is 21.0 Å². The van der Waals surface area contributed by atoms with Crippen LogP contribution in [0, 0.1) is 0 Å². The van der Waals surface area contributed by atoms with Crippen molar-refractivity contribution in [2.75, 3.05) is 64.1 Å². The number of benzene rings is 5. The summed E-state index contributed by atoms with van der Waals surface area (Å²) in [4.78, 5) is 63.5. The quantitative estimate of drug-likeness (QED) is 0.0636. The number of likely N-dealkylation sites (tertiary alicyclic amines) is 2. The number of hydrogen-bond acceptors (Lipinski definition) is 12. The fourth-order valence-corrected chi connectivity index (χ4v) is 10.9. The number of ether oxygens (including phenoxy) is 5. The molecule has 6 aliphatic heterocycles. The van der Waals surface area contributed by atoms with Gasteiger partial charge in [0, 0.05) is 68.8 Å². The lowest BCUT2D eigenvalue weighted by molar-refractivity contribution is -0.00476. The molecule has 0 bridgehead atoms. The maximum absolute atomic E-state index is 12.5. The van der Waals surface area contributed by atoms with Gasteiger partial charge in [-0.2, -0.15) is 0 Å². The summed E-state index contributed by atoms with van der Waals surface area (Å²) in [5.74, 6) is 1.40. The predicted molar refractivity (Wildman–Crippen MR) is 281 cm³/mol. The van der Waals surface area contributed by atoms with Gasteiger partial charge in [0.25, 0.3) is 5.91 Å². The number of urea groups is 2. The van der Waals surface area contributed by atoms with Crippen molar-refractivity contribution in [1.82, 2.24) is 20.6 Å². The predicted octanol–water partition coefficient (Wildman–Crippen LogP) is 8.98. The van der Waals surface area contributed by atoms with E-state index in [-0.39, 0.29) is 40.8 Å². The van der Waals surface area contributed by atoms with Crippen molar-refractivity contribution in [3.8, 4) is 17.2 Å². The van der Waals surface area contributed by atoms with Gasteiger partial charge in [0.2, 0.25) is 0 Å². The van der Waals surface area contributed by atoms with Gasteiger partial charge >= 0.3 is 24.0 Å². The molecule has 0 aromatic heterocycles. The molecule has 5 N–H and O–H groups in total. The van der Waals surface area contributed by atoms with Crippen molar-refractivity contribution in [3.63, 3.8) is 0 Å². The van der Waals surface area contributed by atoms with E-state index in [9.17, 15) is 24.0 Å². The Morgan fingerprint density at radius 1 is 0.493 bits per heavy atom. The highest BCUT2D eigenvalue weighted by molar-refractivity contribution is 5.94. The molecule has 0 saturated carbocycles. The van der Waals surface area contributed by atoms with Gasteiger partial charge < -0.3 is 49.4 Å². The molecule has 11 rings (SSSR count). The fraction of sp³-hybridized carbons (Fsp3) is 0.397. The topological polar surface area (TPSA) is 206 Å². The van der Waals surface area contributed by atoms with Crippen LogP contribution in [0.15, 0.2) is 115 Å². The molecule has 17 heteroatoms. The van der Waals surface area contributed by atoms with E-state index in [1.807, 2.05) is 94.7 Å². The Balaban J connectivity index is 0.000000141. The summed E-state index contributed by atoms with van der Waals surface area (Å²) >= 11 is 0.